The first-order valence-corrected chi connectivity index (χ1v) is 10.2. The predicted molar refractivity (Wildman–Crippen MR) is 109 cm³/mol. The highest BCUT2D eigenvalue weighted by Crippen LogP contribution is 2.37. The number of rotatable bonds is 5. The number of benzene rings is 1. The molecule has 27 heavy (non-hydrogen) atoms. The smallest absolute Gasteiger partial charge is 0.251 e. The van der Waals surface area contributed by atoms with Gasteiger partial charge in [-0.25, -0.2) is 0 Å². The molecule has 4 heteroatoms. The first kappa shape index (κ1) is 18.5. The third-order valence-corrected chi connectivity index (χ3v) is 5.96. The van der Waals surface area contributed by atoms with Crippen molar-refractivity contribution in [3.05, 3.63) is 58.0 Å². The second-order valence-corrected chi connectivity index (χ2v) is 8.66. The minimum absolute atomic E-state index is 0.119. The van der Waals surface area contributed by atoms with Crippen LogP contribution in [0.5, 0.6) is 0 Å². The van der Waals surface area contributed by atoms with E-state index < -0.39 is 0 Å². The van der Waals surface area contributed by atoms with Crippen molar-refractivity contribution in [1.82, 2.24) is 9.47 Å². The summed E-state index contributed by atoms with van der Waals surface area (Å²) < 4.78 is 2.02. The lowest BCUT2D eigenvalue weighted by atomic mass is 9.82. The summed E-state index contributed by atoms with van der Waals surface area (Å²) in [5.41, 5.74) is 4.48. The lowest BCUT2D eigenvalue weighted by molar-refractivity contribution is 0.109. The number of hydrogen-bond donors (Lipinski definition) is 1. The van der Waals surface area contributed by atoms with Crippen molar-refractivity contribution >= 4 is 0 Å². The van der Waals surface area contributed by atoms with Gasteiger partial charge in [0.15, 0.2) is 0 Å². The van der Waals surface area contributed by atoms with Gasteiger partial charge < -0.3 is 14.6 Å². The molecule has 1 N–H and O–H groups in total. The van der Waals surface area contributed by atoms with E-state index in [-0.39, 0.29) is 12.2 Å². The standard InChI is InChI=1S/C23H30N2O2/c1-16(2)12-24-13-17-9-20(15-24)22-10-19(11-23(27)25(22)14-17)21-6-4-3-5-18(21)7-8-26/h3-6,10-11,16-17,20,26H,7-9,12-15H2,1-2H3/t17-,20+/m0/s1. The summed E-state index contributed by atoms with van der Waals surface area (Å²) in [5.74, 6) is 1.69. The quantitative estimate of drug-likeness (QED) is 0.884. The van der Waals surface area contributed by atoms with Crippen molar-refractivity contribution in [1.29, 1.82) is 0 Å². The lowest BCUT2D eigenvalue weighted by Crippen LogP contribution is -2.48. The molecule has 2 aliphatic rings. The molecule has 2 atom stereocenters. The maximum Gasteiger partial charge on any atom is 0.251 e. The maximum atomic E-state index is 12.9. The van der Waals surface area contributed by atoms with Crippen LogP contribution in [0.25, 0.3) is 11.1 Å². The number of piperidine rings is 1. The molecule has 4 rings (SSSR count). The second-order valence-electron chi connectivity index (χ2n) is 8.66. The fourth-order valence-electron chi connectivity index (χ4n) is 5.02. The molecule has 0 aliphatic carbocycles. The van der Waals surface area contributed by atoms with Crippen LogP contribution in [0.2, 0.25) is 0 Å². The molecule has 4 nitrogen and oxygen atoms in total. The van der Waals surface area contributed by atoms with Crippen LogP contribution >= 0.6 is 0 Å². The number of pyridine rings is 1. The molecule has 0 unspecified atom stereocenters. The van der Waals surface area contributed by atoms with Gasteiger partial charge in [-0.05, 0) is 47.4 Å². The van der Waals surface area contributed by atoms with E-state index in [9.17, 15) is 9.90 Å². The van der Waals surface area contributed by atoms with E-state index in [0.29, 0.717) is 24.2 Å². The molecule has 3 heterocycles. The summed E-state index contributed by atoms with van der Waals surface area (Å²) in [6, 6.07) is 12.1. The molecule has 0 saturated carbocycles. The summed E-state index contributed by atoms with van der Waals surface area (Å²) in [4.78, 5) is 15.5. The van der Waals surface area contributed by atoms with Crippen LogP contribution in [0, 0.1) is 11.8 Å². The maximum absolute atomic E-state index is 12.9. The first-order chi connectivity index (χ1) is 13.0. The molecule has 1 fully saturated rings. The van der Waals surface area contributed by atoms with Gasteiger partial charge in [-0.3, -0.25) is 4.79 Å². The van der Waals surface area contributed by atoms with Crippen LogP contribution < -0.4 is 5.56 Å². The van der Waals surface area contributed by atoms with E-state index in [1.54, 1.807) is 6.07 Å². The minimum Gasteiger partial charge on any atom is -0.396 e. The molecule has 0 amide bonds. The number of fused-ring (bicyclic) bond motifs is 4. The zero-order valence-corrected chi connectivity index (χ0v) is 16.4. The lowest BCUT2D eigenvalue weighted by Gasteiger charge is -2.43. The fraction of sp³-hybridized carbons (Fsp3) is 0.522. The number of likely N-dealkylation sites (tertiary alicyclic amines) is 1. The van der Waals surface area contributed by atoms with Crippen LogP contribution in [0.1, 0.15) is 37.4 Å². The van der Waals surface area contributed by atoms with Crippen molar-refractivity contribution < 1.29 is 5.11 Å². The fourth-order valence-corrected chi connectivity index (χ4v) is 5.02. The van der Waals surface area contributed by atoms with Crippen LogP contribution in [0.15, 0.2) is 41.2 Å². The molecule has 2 aliphatic heterocycles. The Kier molecular flexibility index (Phi) is 5.20. The van der Waals surface area contributed by atoms with Gasteiger partial charge in [-0.15, -0.1) is 0 Å². The number of aliphatic hydroxyl groups excluding tert-OH is 1. The van der Waals surface area contributed by atoms with Gasteiger partial charge in [-0.2, -0.15) is 0 Å². The third-order valence-electron chi connectivity index (χ3n) is 5.96. The predicted octanol–water partition coefficient (Wildman–Crippen LogP) is 3.13. The van der Waals surface area contributed by atoms with E-state index in [4.69, 9.17) is 0 Å². The van der Waals surface area contributed by atoms with Gasteiger partial charge in [0.25, 0.3) is 5.56 Å². The number of aliphatic hydroxyl groups is 1. The summed E-state index contributed by atoms with van der Waals surface area (Å²) >= 11 is 0. The van der Waals surface area contributed by atoms with Gasteiger partial charge in [0.1, 0.15) is 0 Å². The van der Waals surface area contributed by atoms with Crippen LogP contribution in [0.4, 0.5) is 0 Å². The summed E-state index contributed by atoms with van der Waals surface area (Å²) in [7, 11) is 0. The monoisotopic (exact) mass is 366 g/mol. The molecule has 0 radical (unpaired) electrons. The van der Waals surface area contributed by atoms with Crippen molar-refractivity contribution in [2.45, 2.75) is 39.2 Å². The van der Waals surface area contributed by atoms with E-state index in [1.807, 2.05) is 22.8 Å². The van der Waals surface area contributed by atoms with Crippen LogP contribution in [0.3, 0.4) is 0 Å². The highest BCUT2D eigenvalue weighted by atomic mass is 16.3. The summed E-state index contributed by atoms with van der Waals surface area (Å²) in [6.45, 7) is 8.82. The molecule has 1 aromatic carbocycles. The Morgan fingerprint density at radius 1 is 1.15 bits per heavy atom. The van der Waals surface area contributed by atoms with Crippen molar-refractivity contribution in [2.75, 3.05) is 26.2 Å². The molecular formula is C23H30N2O2. The zero-order chi connectivity index (χ0) is 19.0. The largest absolute Gasteiger partial charge is 0.396 e. The second kappa shape index (κ2) is 7.61. The highest BCUT2D eigenvalue weighted by Gasteiger charge is 2.35. The van der Waals surface area contributed by atoms with Crippen LogP contribution in [-0.4, -0.2) is 40.8 Å². The number of hydrogen-bond acceptors (Lipinski definition) is 3. The SMILES string of the molecule is CC(C)CN1C[C@@H]2C[C@H](C1)c1cc(-c3ccccc3CCO)cc(=O)n1C2. The van der Waals surface area contributed by atoms with Gasteiger partial charge in [-0.1, -0.05) is 38.1 Å². The van der Waals surface area contributed by atoms with E-state index in [0.717, 1.165) is 42.9 Å². The van der Waals surface area contributed by atoms with Crippen LogP contribution in [-0.2, 0) is 13.0 Å². The summed E-state index contributed by atoms with van der Waals surface area (Å²) in [6.07, 6.45) is 1.80. The number of nitrogens with zero attached hydrogens (tertiary/aromatic N) is 2. The van der Waals surface area contributed by atoms with Crippen molar-refractivity contribution in [3.63, 3.8) is 0 Å². The Morgan fingerprint density at radius 2 is 1.96 bits per heavy atom. The Labute approximate surface area is 161 Å². The van der Waals surface area contributed by atoms with Gasteiger partial charge in [0, 0.05) is 50.5 Å². The molecule has 2 bridgehead atoms. The average Bonchev–Trinajstić information content (AvgIpc) is 2.62. The Bertz CT molecular complexity index is 871. The van der Waals surface area contributed by atoms with Crippen molar-refractivity contribution in [2.24, 2.45) is 11.8 Å². The molecular weight excluding hydrogens is 336 g/mol. The van der Waals surface area contributed by atoms with E-state index >= 15 is 0 Å². The minimum atomic E-state index is 0.119. The Morgan fingerprint density at radius 3 is 2.74 bits per heavy atom. The normalized spacial score (nSPS) is 22.1. The molecule has 144 valence electrons. The Hall–Kier alpha value is -1.91. The molecule has 1 aromatic heterocycles. The van der Waals surface area contributed by atoms with Crippen molar-refractivity contribution in [3.8, 4) is 11.1 Å². The summed E-state index contributed by atoms with van der Waals surface area (Å²) in [5, 5.41) is 9.38. The topological polar surface area (TPSA) is 45.5 Å². The Balaban J connectivity index is 1.72. The number of aromatic nitrogens is 1. The van der Waals surface area contributed by atoms with E-state index in [2.05, 4.69) is 30.9 Å². The third kappa shape index (κ3) is 3.74. The first-order valence-electron chi connectivity index (χ1n) is 10.2. The molecule has 2 aromatic rings. The van der Waals surface area contributed by atoms with Gasteiger partial charge >= 0.3 is 0 Å². The highest BCUT2D eigenvalue weighted by molar-refractivity contribution is 5.67. The van der Waals surface area contributed by atoms with E-state index in [1.165, 1.54) is 12.1 Å². The molecule has 1 saturated heterocycles. The van der Waals surface area contributed by atoms with Gasteiger partial charge in [0.2, 0.25) is 0 Å². The van der Waals surface area contributed by atoms with Gasteiger partial charge in [0.05, 0.1) is 0 Å². The average molecular weight is 367 g/mol. The zero-order valence-electron chi connectivity index (χ0n) is 16.4. The molecule has 0 spiro atoms.